The highest BCUT2D eigenvalue weighted by atomic mass is 16.5. The minimum absolute atomic E-state index is 0.00972. The van der Waals surface area contributed by atoms with Gasteiger partial charge < -0.3 is 10.5 Å². The summed E-state index contributed by atoms with van der Waals surface area (Å²) >= 11 is 0. The Labute approximate surface area is 132 Å². The van der Waals surface area contributed by atoms with Crippen molar-refractivity contribution in [3.63, 3.8) is 0 Å². The number of esters is 1. The van der Waals surface area contributed by atoms with Crippen molar-refractivity contribution in [1.82, 2.24) is 0 Å². The van der Waals surface area contributed by atoms with Crippen molar-refractivity contribution in [3.8, 4) is 0 Å². The molecule has 2 aromatic carbocycles. The van der Waals surface area contributed by atoms with Crippen molar-refractivity contribution < 1.29 is 9.53 Å². The third-order valence-electron chi connectivity index (χ3n) is 3.74. The van der Waals surface area contributed by atoms with Gasteiger partial charge in [-0.25, -0.2) is 0 Å². The maximum Gasteiger partial charge on any atom is 0.322 e. The van der Waals surface area contributed by atoms with Crippen LogP contribution in [0, 0.1) is 6.92 Å². The Morgan fingerprint density at radius 3 is 2.05 bits per heavy atom. The molecular weight excluding hydrogens is 274 g/mol. The van der Waals surface area contributed by atoms with Crippen LogP contribution in [-0.2, 0) is 9.53 Å². The van der Waals surface area contributed by atoms with Gasteiger partial charge in [0.25, 0.3) is 0 Å². The molecule has 0 fully saturated rings. The highest BCUT2D eigenvalue weighted by Gasteiger charge is 2.25. The van der Waals surface area contributed by atoms with Crippen LogP contribution in [0.4, 0.5) is 0 Å². The van der Waals surface area contributed by atoms with Gasteiger partial charge in [-0.1, -0.05) is 60.2 Å². The summed E-state index contributed by atoms with van der Waals surface area (Å²) in [6, 6.07) is 17.8. The van der Waals surface area contributed by atoms with Crippen molar-refractivity contribution in [2.45, 2.75) is 38.8 Å². The fraction of sp³-hybridized carbons (Fsp3) is 0.316. The van der Waals surface area contributed by atoms with Crippen molar-refractivity contribution in [3.05, 3.63) is 71.3 Å². The normalized spacial score (nSPS) is 14.9. The molecule has 3 atom stereocenters. The molecule has 0 aliphatic rings. The molecular formula is C19H23NO2. The molecule has 0 heterocycles. The molecule has 2 rings (SSSR count). The number of ether oxygens (including phenoxy) is 1. The van der Waals surface area contributed by atoms with Crippen LogP contribution >= 0.6 is 0 Å². The van der Waals surface area contributed by atoms with E-state index >= 15 is 0 Å². The van der Waals surface area contributed by atoms with Crippen LogP contribution in [0.2, 0.25) is 0 Å². The molecule has 2 N–H and O–H groups in total. The lowest BCUT2D eigenvalue weighted by Gasteiger charge is -2.26. The summed E-state index contributed by atoms with van der Waals surface area (Å²) < 4.78 is 5.55. The first-order chi connectivity index (χ1) is 10.5. The van der Waals surface area contributed by atoms with E-state index in [9.17, 15) is 4.79 Å². The highest BCUT2D eigenvalue weighted by molar-refractivity contribution is 5.75. The van der Waals surface area contributed by atoms with Gasteiger partial charge in [0.1, 0.15) is 12.1 Å². The number of aryl methyl sites for hydroxylation is 1. The maximum atomic E-state index is 11.8. The topological polar surface area (TPSA) is 52.3 Å². The summed E-state index contributed by atoms with van der Waals surface area (Å²) in [6.45, 7) is 5.61. The molecule has 0 aliphatic carbocycles. The first-order valence-corrected chi connectivity index (χ1v) is 7.56. The fourth-order valence-corrected chi connectivity index (χ4v) is 2.53. The van der Waals surface area contributed by atoms with Crippen LogP contribution in [0.25, 0.3) is 0 Å². The molecule has 0 spiro atoms. The molecule has 0 saturated carbocycles. The lowest BCUT2D eigenvalue weighted by Crippen LogP contribution is -2.33. The van der Waals surface area contributed by atoms with E-state index in [1.165, 1.54) is 5.56 Å². The van der Waals surface area contributed by atoms with Crippen LogP contribution in [0.15, 0.2) is 54.6 Å². The van der Waals surface area contributed by atoms with E-state index in [0.717, 1.165) is 11.1 Å². The average molecular weight is 297 g/mol. The zero-order valence-corrected chi connectivity index (χ0v) is 13.3. The summed E-state index contributed by atoms with van der Waals surface area (Å²) in [7, 11) is 0. The molecule has 116 valence electrons. The van der Waals surface area contributed by atoms with E-state index < -0.39 is 6.04 Å². The monoisotopic (exact) mass is 297 g/mol. The molecule has 0 aromatic heterocycles. The van der Waals surface area contributed by atoms with Gasteiger partial charge in [0, 0.05) is 5.92 Å². The predicted octanol–water partition coefficient (Wildman–Crippen LogP) is 3.41. The number of carbonyl (C=O) groups excluding carboxylic acids is 1. The van der Waals surface area contributed by atoms with Crippen molar-refractivity contribution >= 4 is 5.97 Å². The summed E-state index contributed by atoms with van der Waals surface area (Å²) in [4.78, 5) is 11.8. The highest BCUT2D eigenvalue weighted by Crippen LogP contribution is 2.30. The summed E-state index contributed by atoms with van der Waals surface area (Å²) in [5, 5.41) is 0. The van der Waals surface area contributed by atoms with E-state index in [2.05, 4.69) is 43.3 Å². The number of carbonyl (C=O) groups is 1. The molecule has 2 aromatic rings. The zero-order chi connectivity index (χ0) is 16.1. The minimum Gasteiger partial charge on any atom is -0.461 e. The third-order valence-corrected chi connectivity index (χ3v) is 3.74. The number of nitrogens with two attached hydrogens (primary N) is 1. The van der Waals surface area contributed by atoms with Crippen LogP contribution in [0.5, 0.6) is 0 Å². The molecule has 0 bridgehead atoms. The van der Waals surface area contributed by atoms with E-state index in [1.54, 1.807) is 6.92 Å². The lowest BCUT2D eigenvalue weighted by atomic mass is 9.87. The predicted molar refractivity (Wildman–Crippen MR) is 88.7 cm³/mol. The number of benzene rings is 2. The van der Waals surface area contributed by atoms with Crippen molar-refractivity contribution in [2.75, 3.05) is 0 Å². The first-order valence-electron chi connectivity index (χ1n) is 7.56. The maximum absolute atomic E-state index is 11.8. The second-order valence-corrected chi connectivity index (χ2v) is 5.73. The first kappa shape index (κ1) is 16.2. The Kier molecular flexibility index (Phi) is 5.34. The van der Waals surface area contributed by atoms with E-state index in [0.29, 0.717) is 0 Å². The van der Waals surface area contributed by atoms with Gasteiger partial charge in [-0.15, -0.1) is 0 Å². The van der Waals surface area contributed by atoms with Crippen LogP contribution in [0.1, 0.15) is 36.5 Å². The van der Waals surface area contributed by atoms with Crippen LogP contribution < -0.4 is 5.73 Å². The largest absolute Gasteiger partial charge is 0.461 e. The van der Waals surface area contributed by atoms with Gasteiger partial charge >= 0.3 is 5.97 Å². The molecule has 0 unspecified atom stereocenters. The van der Waals surface area contributed by atoms with Gasteiger partial charge in [0.2, 0.25) is 0 Å². The van der Waals surface area contributed by atoms with Gasteiger partial charge in [0.15, 0.2) is 0 Å². The molecule has 0 radical (unpaired) electrons. The van der Waals surface area contributed by atoms with Crippen molar-refractivity contribution in [1.29, 1.82) is 0 Å². The van der Waals surface area contributed by atoms with E-state index in [-0.39, 0.29) is 18.0 Å². The minimum atomic E-state index is -0.614. The molecule has 0 saturated heterocycles. The molecule has 22 heavy (non-hydrogen) atoms. The number of hydrogen-bond acceptors (Lipinski definition) is 3. The van der Waals surface area contributed by atoms with E-state index in [1.807, 2.05) is 25.1 Å². The fourth-order valence-electron chi connectivity index (χ4n) is 2.53. The van der Waals surface area contributed by atoms with Gasteiger partial charge in [0.05, 0.1) is 0 Å². The Balaban J connectivity index is 2.33. The Morgan fingerprint density at radius 2 is 1.50 bits per heavy atom. The van der Waals surface area contributed by atoms with Gasteiger partial charge in [-0.2, -0.15) is 0 Å². The standard InChI is InChI=1S/C19H23NO2/c1-13-9-11-17(12-10-13)18(16-7-5-4-6-8-16)15(3)22-19(21)14(2)20/h4-12,14-15,18H,20H2,1-3H3/t14-,15-,18-/m0/s1. The smallest absolute Gasteiger partial charge is 0.322 e. The van der Waals surface area contributed by atoms with Crippen molar-refractivity contribution in [2.24, 2.45) is 5.73 Å². The Morgan fingerprint density at radius 1 is 0.955 bits per heavy atom. The Bertz CT molecular complexity index is 605. The van der Waals surface area contributed by atoms with Crippen LogP contribution in [-0.4, -0.2) is 18.1 Å². The van der Waals surface area contributed by atoms with E-state index in [4.69, 9.17) is 10.5 Å². The third kappa shape index (κ3) is 3.95. The number of hydrogen-bond donors (Lipinski definition) is 1. The molecule has 0 amide bonds. The Hall–Kier alpha value is -2.13. The van der Waals surface area contributed by atoms with Gasteiger partial charge in [-0.3, -0.25) is 4.79 Å². The summed E-state index contributed by atoms with van der Waals surface area (Å²) in [5.74, 6) is -0.384. The number of rotatable bonds is 5. The average Bonchev–Trinajstić information content (AvgIpc) is 2.50. The van der Waals surface area contributed by atoms with Crippen LogP contribution in [0.3, 0.4) is 0 Å². The second kappa shape index (κ2) is 7.23. The molecule has 0 aliphatic heterocycles. The summed E-state index contributed by atoms with van der Waals surface area (Å²) in [5.41, 5.74) is 9.06. The zero-order valence-electron chi connectivity index (χ0n) is 13.3. The SMILES string of the molecule is Cc1ccc([C@H](c2ccccc2)[C@H](C)OC(=O)[C@H](C)N)cc1. The quantitative estimate of drug-likeness (QED) is 0.861. The molecule has 3 heteroatoms. The lowest BCUT2D eigenvalue weighted by molar-refractivity contribution is -0.149. The molecule has 3 nitrogen and oxygen atoms in total. The van der Waals surface area contributed by atoms with Gasteiger partial charge in [-0.05, 0) is 31.9 Å². The second-order valence-electron chi connectivity index (χ2n) is 5.73. The summed E-state index contributed by atoms with van der Waals surface area (Å²) in [6.07, 6.45) is -0.288.